The molecule has 0 fully saturated rings. The maximum absolute atomic E-state index is 6.11. The Labute approximate surface area is 114 Å². The predicted molar refractivity (Wildman–Crippen MR) is 75.8 cm³/mol. The first-order chi connectivity index (χ1) is 8.67. The second-order valence-electron chi connectivity index (χ2n) is 3.80. The molecule has 2 rings (SSSR count). The quantitative estimate of drug-likeness (QED) is 0.886. The summed E-state index contributed by atoms with van der Waals surface area (Å²) < 4.78 is 2.75. The van der Waals surface area contributed by atoms with E-state index in [0.717, 1.165) is 28.0 Å². The molecule has 0 unspecified atom stereocenters. The Morgan fingerprint density at radius 3 is 2.89 bits per heavy atom. The normalized spacial score (nSPS) is 10.3. The molecule has 0 spiro atoms. The van der Waals surface area contributed by atoms with E-state index < -0.39 is 0 Å². The Morgan fingerprint density at radius 1 is 1.50 bits per heavy atom. The molecule has 5 heteroatoms. The smallest absolute Gasteiger partial charge is 0.132 e. The van der Waals surface area contributed by atoms with Crippen LogP contribution in [0.3, 0.4) is 0 Å². The minimum Gasteiger partial charge on any atom is -0.383 e. The molecule has 0 aliphatic rings. The van der Waals surface area contributed by atoms with Crippen LogP contribution in [0.25, 0.3) is 11.3 Å². The number of nitrogen functional groups attached to an aromatic ring is 1. The van der Waals surface area contributed by atoms with E-state index in [0.29, 0.717) is 12.4 Å². The topological polar surface area (TPSA) is 56.7 Å². The summed E-state index contributed by atoms with van der Waals surface area (Å²) in [5, 5.41) is 0. The lowest BCUT2D eigenvalue weighted by atomic mass is 10.2. The number of nitrogens with zero attached hydrogens (tertiary/aromatic N) is 3. The third kappa shape index (κ3) is 2.24. The van der Waals surface area contributed by atoms with Crippen LogP contribution < -0.4 is 5.73 Å². The van der Waals surface area contributed by atoms with Crippen LogP contribution in [-0.4, -0.2) is 14.5 Å². The predicted octanol–water partition coefficient (Wildman–Crippen LogP) is 2.49. The van der Waals surface area contributed by atoms with Crippen LogP contribution >= 0.6 is 15.9 Å². The van der Waals surface area contributed by atoms with E-state index in [2.05, 4.69) is 31.8 Å². The molecule has 2 heterocycles. The highest BCUT2D eigenvalue weighted by molar-refractivity contribution is 9.10. The molecular weight excluding hydrogens is 292 g/mol. The molecule has 0 aliphatic carbocycles. The first-order valence-corrected chi connectivity index (χ1v) is 6.36. The van der Waals surface area contributed by atoms with Gasteiger partial charge in [-0.2, -0.15) is 0 Å². The van der Waals surface area contributed by atoms with Crippen molar-refractivity contribution in [1.82, 2.24) is 14.5 Å². The molecule has 0 atom stereocenters. The van der Waals surface area contributed by atoms with Gasteiger partial charge in [0.25, 0.3) is 0 Å². The van der Waals surface area contributed by atoms with Crippen LogP contribution in [0.4, 0.5) is 5.82 Å². The highest BCUT2D eigenvalue weighted by Gasteiger charge is 2.14. The molecule has 2 aromatic heterocycles. The van der Waals surface area contributed by atoms with Gasteiger partial charge in [0.15, 0.2) is 0 Å². The Bertz CT molecular complexity index is 610. The molecule has 92 valence electrons. The van der Waals surface area contributed by atoms with E-state index in [1.165, 1.54) is 0 Å². The van der Waals surface area contributed by atoms with Gasteiger partial charge in [0.1, 0.15) is 17.3 Å². The minimum absolute atomic E-state index is 0.434. The van der Waals surface area contributed by atoms with Crippen molar-refractivity contribution in [3.8, 4) is 23.6 Å². The first-order valence-electron chi connectivity index (χ1n) is 5.56. The van der Waals surface area contributed by atoms with E-state index in [9.17, 15) is 0 Å². The van der Waals surface area contributed by atoms with Gasteiger partial charge in [0.05, 0.1) is 6.54 Å². The largest absolute Gasteiger partial charge is 0.383 e. The van der Waals surface area contributed by atoms with E-state index in [-0.39, 0.29) is 0 Å². The zero-order valence-corrected chi connectivity index (χ0v) is 11.6. The molecule has 2 N–H and O–H groups in total. The number of halogens is 1. The molecule has 18 heavy (non-hydrogen) atoms. The summed E-state index contributed by atoms with van der Waals surface area (Å²) in [5.41, 5.74) is 7.72. The van der Waals surface area contributed by atoms with E-state index in [1.54, 1.807) is 12.4 Å². The third-order valence-electron chi connectivity index (χ3n) is 2.63. The monoisotopic (exact) mass is 304 g/mol. The highest BCUT2D eigenvalue weighted by atomic mass is 79.9. The van der Waals surface area contributed by atoms with Gasteiger partial charge >= 0.3 is 0 Å². The second kappa shape index (κ2) is 5.23. The van der Waals surface area contributed by atoms with Gasteiger partial charge in [0.2, 0.25) is 0 Å². The summed E-state index contributed by atoms with van der Waals surface area (Å²) in [6.07, 6.45) is 9.60. The number of nitrogens with two attached hydrogens (primary N) is 1. The van der Waals surface area contributed by atoms with Gasteiger partial charge in [-0.15, -0.1) is 6.42 Å². The fourth-order valence-corrected chi connectivity index (χ4v) is 2.17. The maximum Gasteiger partial charge on any atom is 0.132 e. The van der Waals surface area contributed by atoms with Gasteiger partial charge in [-0.1, -0.05) is 12.8 Å². The van der Waals surface area contributed by atoms with Crippen molar-refractivity contribution in [1.29, 1.82) is 0 Å². The maximum atomic E-state index is 6.11. The van der Waals surface area contributed by atoms with Crippen molar-refractivity contribution in [3.63, 3.8) is 0 Å². The van der Waals surface area contributed by atoms with Gasteiger partial charge in [-0.25, -0.2) is 4.98 Å². The Hall–Kier alpha value is -1.80. The number of imidazole rings is 1. The molecule has 0 saturated heterocycles. The zero-order valence-electron chi connectivity index (χ0n) is 10.0. The van der Waals surface area contributed by atoms with E-state index in [1.807, 2.05) is 17.6 Å². The van der Waals surface area contributed by atoms with Crippen LogP contribution in [0.1, 0.15) is 12.7 Å². The van der Waals surface area contributed by atoms with Crippen molar-refractivity contribution in [2.75, 3.05) is 5.73 Å². The fraction of sp³-hybridized carbons (Fsp3) is 0.231. The lowest BCUT2D eigenvalue weighted by Crippen LogP contribution is -2.05. The Balaban J connectivity index is 2.56. The van der Waals surface area contributed by atoms with E-state index in [4.69, 9.17) is 12.2 Å². The highest BCUT2D eigenvalue weighted by Crippen LogP contribution is 2.27. The first kappa shape index (κ1) is 12.7. The number of hydrogen-bond donors (Lipinski definition) is 1. The number of aromatic nitrogens is 3. The molecule has 0 saturated carbocycles. The summed E-state index contributed by atoms with van der Waals surface area (Å²) in [7, 11) is 0. The molecule has 0 bridgehead atoms. The number of hydrogen-bond acceptors (Lipinski definition) is 3. The lowest BCUT2D eigenvalue weighted by molar-refractivity contribution is 0.769. The summed E-state index contributed by atoms with van der Waals surface area (Å²) in [4.78, 5) is 8.66. The van der Waals surface area contributed by atoms with Crippen molar-refractivity contribution in [2.24, 2.45) is 0 Å². The number of terminal acetylenes is 1. The van der Waals surface area contributed by atoms with Gasteiger partial charge in [-0.05, 0) is 22.0 Å². The number of aryl methyl sites for hydroxylation is 1. The molecule has 2 aromatic rings. The van der Waals surface area contributed by atoms with Crippen LogP contribution in [0, 0.1) is 12.3 Å². The van der Waals surface area contributed by atoms with Crippen molar-refractivity contribution < 1.29 is 0 Å². The zero-order chi connectivity index (χ0) is 13.1. The molecule has 0 amide bonds. The average molecular weight is 305 g/mol. The average Bonchev–Trinajstić information content (AvgIpc) is 2.67. The van der Waals surface area contributed by atoms with Crippen molar-refractivity contribution >= 4 is 21.7 Å². The molecule has 0 radical (unpaired) electrons. The molecular formula is C13H13BrN4. The lowest BCUT2D eigenvalue weighted by Gasteiger charge is -2.04. The van der Waals surface area contributed by atoms with Crippen LogP contribution in [-0.2, 0) is 13.0 Å². The Kier molecular flexibility index (Phi) is 3.68. The van der Waals surface area contributed by atoms with Gasteiger partial charge < -0.3 is 10.3 Å². The van der Waals surface area contributed by atoms with Crippen LogP contribution in [0.2, 0.25) is 0 Å². The van der Waals surface area contributed by atoms with Crippen LogP contribution in [0.15, 0.2) is 22.9 Å². The molecule has 0 aliphatic heterocycles. The number of pyridine rings is 1. The standard InChI is InChI=1S/C13H13BrN4/c1-3-5-18-11(4-2)17-12(13(18)15)9-6-10(14)8-16-7-9/h1,6-8H,4-5,15H2,2H3. The Morgan fingerprint density at radius 2 is 2.28 bits per heavy atom. The summed E-state index contributed by atoms with van der Waals surface area (Å²) in [6, 6.07) is 1.94. The van der Waals surface area contributed by atoms with Crippen LogP contribution in [0.5, 0.6) is 0 Å². The number of anilines is 1. The summed E-state index contributed by atoms with van der Waals surface area (Å²) >= 11 is 3.39. The third-order valence-corrected chi connectivity index (χ3v) is 3.06. The summed E-state index contributed by atoms with van der Waals surface area (Å²) in [5.74, 6) is 4.07. The fourth-order valence-electron chi connectivity index (χ4n) is 1.80. The SMILES string of the molecule is C#CCn1c(CC)nc(-c2cncc(Br)c2)c1N. The summed E-state index contributed by atoms with van der Waals surface area (Å²) in [6.45, 7) is 2.46. The van der Waals surface area contributed by atoms with Gasteiger partial charge in [-0.3, -0.25) is 4.98 Å². The number of rotatable bonds is 3. The second-order valence-corrected chi connectivity index (χ2v) is 4.71. The molecule has 4 nitrogen and oxygen atoms in total. The van der Waals surface area contributed by atoms with Gasteiger partial charge in [0, 0.05) is 28.9 Å². The molecule has 0 aromatic carbocycles. The van der Waals surface area contributed by atoms with Crippen molar-refractivity contribution in [3.05, 3.63) is 28.8 Å². The minimum atomic E-state index is 0.434. The van der Waals surface area contributed by atoms with Crippen molar-refractivity contribution in [2.45, 2.75) is 19.9 Å². The van der Waals surface area contributed by atoms with E-state index >= 15 is 0 Å².